The average Bonchev–Trinajstić information content (AvgIpc) is 1.25. The Morgan fingerprint density at radius 1 is 1.00 bits per heavy atom. The molecule has 0 N–H and O–H groups in total. The molecule has 60 valence electrons. The minimum absolute atomic E-state index is 0. The maximum absolute atomic E-state index is 9.00. The molecule has 0 aromatic carbocycles. The Morgan fingerprint density at radius 3 is 1.00 bits per heavy atom. The third kappa shape index (κ3) is 771. The van der Waals surface area contributed by atoms with Crippen molar-refractivity contribution in [2.75, 3.05) is 12.5 Å². The Kier molecular flexibility index (Phi) is 20.9. The molecule has 0 rings (SSSR count). The predicted molar refractivity (Wildman–Crippen MR) is 29.7 cm³/mol. The van der Waals surface area contributed by atoms with Gasteiger partial charge in [0.05, 0.1) is 0 Å². The van der Waals surface area contributed by atoms with Crippen molar-refractivity contribution in [2.45, 2.75) is 0 Å². The van der Waals surface area contributed by atoms with Gasteiger partial charge in [0, 0.05) is 0 Å². The van der Waals surface area contributed by atoms with Gasteiger partial charge in [-0.3, -0.25) is 8.42 Å². The number of hydrogen-bond donors (Lipinski definition) is 0. The van der Waals surface area contributed by atoms with E-state index < -0.39 is 22.2 Å². The summed E-state index contributed by atoms with van der Waals surface area (Å²) in [6.45, 7) is 0. The van der Waals surface area contributed by atoms with Gasteiger partial charge in [-0.2, -0.15) is 0 Å². The summed E-state index contributed by atoms with van der Waals surface area (Å²) < 4.78 is 36.0. The molecule has 0 spiro atoms. The molecular weight excluding hydrogens is 211 g/mol. The second-order valence-electron chi connectivity index (χ2n) is 0.803. The molecule has 0 saturated carbocycles. The van der Waals surface area contributed by atoms with Crippen LogP contribution in [0.1, 0.15) is 0 Å². The van der Waals surface area contributed by atoms with Gasteiger partial charge in [-0.1, -0.05) is 22.2 Å². The second kappa shape index (κ2) is 11.5. The number of rotatable bonds is 0. The minimum Gasteiger partial charge on any atom is -0.773 e. The Morgan fingerprint density at radius 2 is 1.00 bits per heavy atom. The van der Waals surface area contributed by atoms with E-state index >= 15 is 0 Å². The first kappa shape index (κ1) is 16.4. The molecule has 2 unspecified atom stereocenters. The number of hydrogen-bond acceptors (Lipinski definition) is 4. The van der Waals surface area contributed by atoms with Crippen molar-refractivity contribution >= 4 is 22.2 Å². The summed E-state index contributed by atoms with van der Waals surface area (Å²) >= 11 is -3.72. The van der Waals surface area contributed by atoms with Crippen LogP contribution < -0.4 is 0 Å². The summed E-state index contributed by atoms with van der Waals surface area (Å²) in [5.41, 5.74) is 0. The van der Waals surface area contributed by atoms with Gasteiger partial charge in [-0.15, -0.1) is 0 Å². The molecule has 7 heteroatoms. The molecule has 0 aliphatic rings. The normalized spacial score (nSPS) is 13.8. The molecule has 0 aromatic heterocycles. The Balaban J connectivity index is -0.0000000720. The summed E-state index contributed by atoms with van der Waals surface area (Å²) in [4.78, 5) is 0. The van der Waals surface area contributed by atoms with Crippen LogP contribution in [0.15, 0.2) is 0 Å². The van der Waals surface area contributed by atoms with Crippen molar-refractivity contribution in [1.82, 2.24) is 0 Å². The summed E-state index contributed by atoms with van der Waals surface area (Å²) in [5, 5.41) is 0. The molecule has 9 heavy (non-hydrogen) atoms. The third-order valence-corrected chi connectivity index (χ3v) is 0. The van der Waals surface area contributed by atoms with E-state index in [1.807, 2.05) is 0 Å². The van der Waals surface area contributed by atoms with Crippen LogP contribution in [-0.4, -0.2) is 30.0 Å². The Labute approximate surface area is 68.9 Å². The first-order valence-electron chi connectivity index (χ1n) is 1.48. The summed E-state index contributed by atoms with van der Waals surface area (Å²) in [6.07, 6.45) is 2.17. The van der Waals surface area contributed by atoms with E-state index in [0.29, 0.717) is 0 Å². The van der Waals surface area contributed by atoms with E-state index in [-0.39, 0.29) is 16.5 Å². The van der Waals surface area contributed by atoms with Crippen LogP contribution in [0.3, 0.4) is 0 Å². The van der Waals surface area contributed by atoms with Gasteiger partial charge in [0.2, 0.25) is 0 Å². The average molecular weight is 217 g/mol. The molecule has 0 fully saturated rings. The standard InChI is InChI=1S/2CH4O2S.Ni/c2*1-4(2)3;/h2*1H3,(H,2,3);/q;;+2/p-2. The van der Waals surface area contributed by atoms with E-state index in [9.17, 15) is 0 Å². The quantitative estimate of drug-likeness (QED) is 0.384. The van der Waals surface area contributed by atoms with Gasteiger partial charge in [0.15, 0.2) is 0 Å². The molecule has 4 nitrogen and oxygen atoms in total. The van der Waals surface area contributed by atoms with Gasteiger partial charge in [0.1, 0.15) is 0 Å². The third-order valence-electron chi connectivity index (χ3n) is 0. The molecule has 0 aliphatic heterocycles. The van der Waals surface area contributed by atoms with Crippen molar-refractivity contribution in [3.05, 3.63) is 0 Å². The van der Waals surface area contributed by atoms with Crippen LogP contribution in [0.25, 0.3) is 0 Å². The zero-order chi connectivity index (χ0) is 7.15. The van der Waals surface area contributed by atoms with E-state index in [0.717, 1.165) is 12.5 Å². The molecule has 0 heterocycles. The molecule has 0 radical (unpaired) electrons. The maximum atomic E-state index is 9.00. The fraction of sp³-hybridized carbons (Fsp3) is 1.00. The van der Waals surface area contributed by atoms with Crippen molar-refractivity contribution in [3.63, 3.8) is 0 Å². The molecule has 0 aliphatic carbocycles. The molecule has 0 saturated heterocycles. The Bertz CT molecular complexity index is 74.6. The van der Waals surface area contributed by atoms with Crippen LogP contribution in [0.2, 0.25) is 0 Å². The van der Waals surface area contributed by atoms with Crippen LogP contribution in [0, 0.1) is 0 Å². The summed E-state index contributed by atoms with van der Waals surface area (Å²) in [7, 11) is 0. The molecule has 0 aromatic rings. The van der Waals surface area contributed by atoms with E-state index in [1.54, 1.807) is 0 Å². The zero-order valence-electron chi connectivity index (χ0n) is 4.77. The van der Waals surface area contributed by atoms with Crippen molar-refractivity contribution in [2.24, 2.45) is 0 Å². The van der Waals surface area contributed by atoms with Gasteiger partial charge in [-0.25, -0.2) is 0 Å². The monoisotopic (exact) mass is 216 g/mol. The van der Waals surface area contributed by atoms with E-state index in [2.05, 4.69) is 0 Å². The van der Waals surface area contributed by atoms with Crippen LogP contribution in [-0.2, 0) is 38.7 Å². The molecule has 0 bridgehead atoms. The zero-order valence-corrected chi connectivity index (χ0v) is 7.39. The van der Waals surface area contributed by atoms with Gasteiger partial charge in [0.25, 0.3) is 0 Å². The summed E-state index contributed by atoms with van der Waals surface area (Å²) in [5.74, 6) is 0. The van der Waals surface area contributed by atoms with Gasteiger partial charge in [-0.05, 0) is 12.5 Å². The van der Waals surface area contributed by atoms with Crippen LogP contribution in [0.4, 0.5) is 0 Å². The summed E-state index contributed by atoms with van der Waals surface area (Å²) in [6, 6.07) is 0. The van der Waals surface area contributed by atoms with Crippen LogP contribution >= 0.6 is 0 Å². The minimum atomic E-state index is -1.86. The second-order valence-corrected chi connectivity index (χ2v) is 2.41. The van der Waals surface area contributed by atoms with Gasteiger partial charge >= 0.3 is 16.5 Å². The van der Waals surface area contributed by atoms with Crippen molar-refractivity contribution in [3.8, 4) is 0 Å². The fourth-order valence-electron chi connectivity index (χ4n) is 0. The first-order chi connectivity index (χ1) is 3.46. The van der Waals surface area contributed by atoms with Gasteiger partial charge < -0.3 is 9.11 Å². The first-order valence-corrected chi connectivity index (χ1v) is 4.45. The maximum Gasteiger partial charge on any atom is 2.00 e. The van der Waals surface area contributed by atoms with Crippen LogP contribution in [0.5, 0.6) is 0 Å². The van der Waals surface area contributed by atoms with E-state index in [1.165, 1.54) is 0 Å². The molecular formula is C2H6NiO4S2. The Hall–Kier alpha value is 0.714. The smallest absolute Gasteiger partial charge is 0.773 e. The van der Waals surface area contributed by atoms with Crippen molar-refractivity contribution < 1.29 is 34.0 Å². The molecule has 0 amide bonds. The van der Waals surface area contributed by atoms with Crippen molar-refractivity contribution in [1.29, 1.82) is 0 Å². The fourth-order valence-corrected chi connectivity index (χ4v) is 0. The SMILES string of the molecule is CS(=O)[O-].CS(=O)[O-].[Ni+2]. The topological polar surface area (TPSA) is 80.3 Å². The predicted octanol–water partition coefficient (Wildman–Crippen LogP) is -1.01. The molecule has 2 atom stereocenters. The van der Waals surface area contributed by atoms with E-state index in [4.69, 9.17) is 17.5 Å². The largest absolute Gasteiger partial charge is 2.00 e.